The lowest BCUT2D eigenvalue weighted by Gasteiger charge is -2.34. The predicted molar refractivity (Wildman–Crippen MR) is 147 cm³/mol. The van der Waals surface area contributed by atoms with Crippen molar-refractivity contribution in [3.63, 3.8) is 0 Å². The summed E-state index contributed by atoms with van der Waals surface area (Å²) in [4.78, 5) is 17.2. The van der Waals surface area contributed by atoms with Gasteiger partial charge in [-0.2, -0.15) is 17.5 Å². The minimum absolute atomic E-state index is 0.0117. The molecule has 3 N–H and O–H groups in total. The number of halogens is 4. The van der Waals surface area contributed by atoms with Gasteiger partial charge in [0, 0.05) is 30.5 Å². The second-order valence-corrected chi connectivity index (χ2v) is 12.1. The maximum absolute atomic E-state index is 13.7. The Morgan fingerprint density at radius 2 is 1.81 bits per heavy atom. The summed E-state index contributed by atoms with van der Waals surface area (Å²) in [5.41, 5.74) is -0.718. The van der Waals surface area contributed by atoms with Crippen LogP contribution in [0.1, 0.15) is 47.1 Å². The van der Waals surface area contributed by atoms with Crippen LogP contribution in [0.3, 0.4) is 0 Å². The van der Waals surface area contributed by atoms with Crippen molar-refractivity contribution in [2.45, 2.75) is 50.9 Å². The van der Waals surface area contributed by atoms with Crippen LogP contribution in [0.25, 0.3) is 6.08 Å². The van der Waals surface area contributed by atoms with Crippen LogP contribution >= 0.6 is 0 Å². The topological polar surface area (TPSA) is 129 Å². The van der Waals surface area contributed by atoms with Gasteiger partial charge in [-0.15, -0.1) is 0 Å². The molecule has 2 heterocycles. The molecule has 4 rings (SSSR count). The summed E-state index contributed by atoms with van der Waals surface area (Å²) in [6, 6.07) is 5.82. The van der Waals surface area contributed by atoms with Gasteiger partial charge in [-0.05, 0) is 79.8 Å². The average molecular weight is 614 g/mol. The van der Waals surface area contributed by atoms with E-state index >= 15 is 0 Å². The number of rotatable bonds is 9. The lowest BCUT2D eigenvalue weighted by atomic mass is 9.89. The van der Waals surface area contributed by atoms with E-state index in [0.29, 0.717) is 23.4 Å². The van der Waals surface area contributed by atoms with E-state index in [4.69, 9.17) is 9.84 Å². The number of aliphatic hydroxyl groups is 2. The first-order chi connectivity index (χ1) is 19.6. The molecule has 9 nitrogen and oxygen atoms in total. The number of nitrogens with zero attached hydrogens (tertiary/aromatic N) is 2. The number of nitrogens with one attached hydrogen (secondary N) is 1. The van der Waals surface area contributed by atoms with Gasteiger partial charge < -0.3 is 20.3 Å². The van der Waals surface area contributed by atoms with Gasteiger partial charge in [-0.1, -0.05) is 0 Å². The molecule has 228 valence electrons. The molecular weight excluding hydrogens is 582 g/mol. The number of benzene rings is 2. The lowest BCUT2D eigenvalue weighted by Crippen LogP contribution is -2.50. The maximum atomic E-state index is 13.7. The number of hydrogen-bond donors (Lipinski definition) is 3. The Labute approximate surface area is 240 Å². The van der Waals surface area contributed by atoms with Crippen LogP contribution < -0.4 is 10.1 Å². The van der Waals surface area contributed by atoms with E-state index in [1.54, 1.807) is 26.0 Å². The van der Waals surface area contributed by atoms with E-state index < -0.39 is 45.1 Å². The smallest absolute Gasteiger partial charge is 0.419 e. The fourth-order valence-electron chi connectivity index (χ4n) is 4.92. The normalized spacial score (nSPS) is 18.4. The highest BCUT2D eigenvalue weighted by atomic mass is 32.2. The zero-order valence-corrected chi connectivity index (χ0v) is 23.7. The molecule has 1 fully saturated rings. The molecule has 0 aromatic heterocycles. The Balaban J connectivity index is 1.44. The Bertz CT molecular complexity index is 1490. The van der Waals surface area contributed by atoms with Crippen molar-refractivity contribution in [1.29, 1.82) is 0 Å². The summed E-state index contributed by atoms with van der Waals surface area (Å²) in [6.07, 6.45) is -4.04. The van der Waals surface area contributed by atoms with Crippen molar-refractivity contribution in [3.05, 3.63) is 69.4 Å². The monoisotopic (exact) mass is 613 g/mol. The fraction of sp³-hybridized carbons (Fsp3) is 0.429. The first-order valence-electron chi connectivity index (χ1n) is 13.1. The van der Waals surface area contributed by atoms with Gasteiger partial charge >= 0.3 is 6.18 Å². The van der Waals surface area contributed by atoms with E-state index in [1.807, 2.05) is 0 Å². The minimum atomic E-state index is -4.92. The number of sulfonamides is 1. The molecule has 1 atom stereocenters. The molecule has 2 aliphatic rings. The van der Waals surface area contributed by atoms with Gasteiger partial charge in [0.25, 0.3) is 5.91 Å². The largest absolute Gasteiger partial charge is 0.493 e. The van der Waals surface area contributed by atoms with Gasteiger partial charge in [0.2, 0.25) is 10.0 Å². The number of aliphatic hydroxyl groups excluding tert-OH is 2. The quantitative estimate of drug-likeness (QED) is 0.373. The number of aryl methyl sites for hydroxylation is 2. The highest BCUT2D eigenvalue weighted by molar-refractivity contribution is 7.92. The Morgan fingerprint density at radius 3 is 2.40 bits per heavy atom. The third-order valence-electron chi connectivity index (χ3n) is 7.34. The number of amides is 1. The molecule has 1 unspecified atom stereocenters. The van der Waals surface area contributed by atoms with Gasteiger partial charge in [-0.3, -0.25) is 9.79 Å². The van der Waals surface area contributed by atoms with Crippen LogP contribution in [-0.2, 0) is 21.0 Å². The van der Waals surface area contributed by atoms with Crippen molar-refractivity contribution in [2.75, 3.05) is 26.3 Å². The van der Waals surface area contributed by atoms with E-state index in [9.17, 15) is 35.9 Å². The number of alkyl halides is 3. The second-order valence-electron chi connectivity index (χ2n) is 10.3. The number of piperidine rings is 1. The minimum Gasteiger partial charge on any atom is -0.493 e. The molecule has 0 aliphatic carbocycles. The molecule has 2 aromatic rings. The summed E-state index contributed by atoms with van der Waals surface area (Å²) in [5, 5.41) is 21.9. The van der Waals surface area contributed by atoms with Gasteiger partial charge in [0.1, 0.15) is 22.9 Å². The van der Waals surface area contributed by atoms with E-state index in [1.165, 1.54) is 10.4 Å². The van der Waals surface area contributed by atoms with E-state index in [2.05, 4.69) is 10.3 Å². The summed E-state index contributed by atoms with van der Waals surface area (Å²) < 4.78 is 86.2. The van der Waals surface area contributed by atoms with Crippen LogP contribution in [0.2, 0.25) is 0 Å². The molecule has 0 saturated carbocycles. The summed E-state index contributed by atoms with van der Waals surface area (Å²) in [6.45, 7) is 3.35. The van der Waals surface area contributed by atoms with Crippen molar-refractivity contribution in [3.8, 4) is 5.75 Å². The Hall–Kier alpha value is -3.33. The maximum Gasteiger partial charge on any atom is 0.419 e. The number of carbonyl (C=O) groups excluding carboxylic acids is 1. The van der Waals surface area contributed by atoms with Crippen LogP contribution in [0.5, 0.6) is 5.75 Å². The molecule has 0 radical (unpaired) electrons. The van der Waals surface area contributed by atoms with Crippen molar-refractivity contribution in [1.82, 2.24) is 9.62 Å². The zero-order valence-electron chi connectivity index (χ0n) is 22.9. The van der Waals surface area contributed by atoms with Crippen molar-refractivity contribution in [2.24, 2.45) is 4.99 Å². The number of ether oxygens (including phenoxy) is 1. The van der Waals surface area contributed by atoms with Crippen molar-refractivity contribution < 1.29 is 45.7 Å². The number of hydrogen-bond acceptors (Lipinski definition) is 7. The van der Waals surface area contributed by atoms with Crippen LogP contribution in [0, 0.1) is 19.7 Å². The standard InChI is InChI=1S/C28H31F4N3O6S/c1-17-13-21(41-11-5-20(37)16-36)14-18(2)22(17)6-12-42(39,40)35-9-7-27(8-10-35)26(38)33-25(34-27)19-3-4-24(29)23(15-19)28(30,31)32/h3-4,6,12-15,20,36-37H,5,7-11,16H2,1-2H3,(H,33,34,38). The molecule has 0 bridgehead atoms. The van der Waals surface area contributed by atoms with Gasteiger partial charge in [0.15, 0.2) is 0 Å². The highest BCUT2D eigenvalue weighted by Crippen LogP contribution is 2.35. The average Bonchev–Trinajstić information content (AvgIpc) is 3.22. The van der Waals surface area contributed by atoms with Crippen LogP contribution in [-0.4, -0.2) is 72.6 Å². The lowest BCUT2D eigenvalue weighted by molar-refractivity contribution is -0.140. The molecule has 42 heavy (non-hydrogen) atoms. The fourth-order valence-corrected chi connectivity index (χ4v) is 6.09. The summed E-state index contributed by atoms with van der Waals surface area (Å²) >= 11 is 0. The van der Waals surface area contributed by atoms with Gasteiger partial charge in [-0.25, -0.2) is 12.8 Å². The van der Waals surface area contributed by atoms with Crippen LogP contribution in [0.4, 0.5) is 17.6 Å². The SMILES string of the molecule is Cc1cc(OCCC(O)CO)cc(C)c1C=CS(=O)(=O)N1CCC2(CC1)N=C(c1ccc(F)c(C(F)(F)F)c1)NC2=O. The van der Waals surface area contributed by atoms with Crippen molar-refractivity contribution >= 4 is 27.8 Å². The Kier molecular flexibility index (Phi) is 9.11. The first kappa shape index (κ1) is 31.6. The van der Waals surface area contributed by atoms with Gasteiger partial charge in [0.05, 0.1) is 24.9 Å². The number of carbonyl (C=O) groups is 1. The third-order valence-corrected chi connectivity index (χ3v) is 8.90. The highest BCUT2D eigenvalue weighted by Gasteiger charge is 2.47. The van der Waals surface area contributed by atoms with E-state index in [0.717, 1.165) is 22.6 Å². The molecule has 1 spiro atoms. The first-order valence-corrected chi connectivity index (χ1v) is 14.7. The molecule has 14 heteroatoms. The molecule has 2 aliphatic heterocycles. The second kappa shape index (κ2) is 12.1. The van der Waals surface area contributed by atoms with Crippen LogP contribution in [0.15, 0.2) is 40.7 Å². The summed E-state index contributed by atoms with van der Waals surface area (Å²) in [5.74, 6) is -1.57. The Morgan fingerprint density at radius 1 is 1.17 bits per heavy atom. The molecule has 2 aromatic carbocycles. The number of aliphatic imine (C=N–C) groups is 1. The van der Waals surface area contributed by atoms with E-state index in [-0.39, 0.29) is 57.0 Å². The third kappa shape index (κ3) is 6.83. The molecule has 1 amide bonds. The summed E-state index contributed by atoms with van der Waals surface area (Å²) in [7, 11) is -3.88. The predicted octanol–water partition coefficient (Wildman–Crippen LogP) is 3.30. The number of amidine groups is 1. The zero-order chi connectivity index (χ0) is 30.9. The molecular formula is C28H31F4N3O6S. The molecule has 1 saturated heterocycles.